The largest absolute Gasteiger partial charge is 0.497 e. The molecule has 1 fully saturated rings. The average molecular weight is 303 g/mol. The normalized spacial score (nSPS) is 16.3. The van der Waals surface area contributed by atoms with Crippen molar-refractivity contribution in [2.24, 2.45) is 0 Å². The van der Waals surface area contributed by atoms with Crippen molar-refractivity contribution in [3.63, 3.8) is 0 Å². The molecule has 0 radical (unpaired) electrons. The summed E-state index contributed by atoms with van der Waals surface area (Å²) in [7, 11) is 3.23. The number of benzene rings is 1. The first-order valence-corrected chi connectivity index (χ1v) is 7.93. The van der Waals surface area contributed by atoms with Crippen LogP contribution in [0.15, 0.2) is 24.3 Å². The van der Waals surface area contributed by atoms with Crippen molar-refractivity contribution in [1.82, 2.24) is 5.32 Å². The van der Waals surface area contributed by atoms with Crippen molar-refractivity contribution < 1.29 is 14.3 Å². The first-order chi connectivity index (χ1) is 10.7. The fourth-order valence-corrected chi connectivity index (χ4v) is 2.81. The van der Waals surface area contributed by atoms with Gasteiger partial charge in [-0.05, 0) is 37.1 Å². The highest BCUT2D eigenvalue weighted by Crippen LogP contribution is 2.25. The van der Waals surface area contributed by atoms with Gasteiger partial charge in [0, 0.05) is 17.7 Å². The molecule has 1 aliphatic carbocycles. The Bertz CT molecular complexity index is 517. The molecule has 2 rings (SSSR count). The molecule has 0 atom stereocenters. The molecule has 4 nitrogen and oxygen atoms in total. The van der Waals surface area contributed by atoms with Crippen LogP contribution in [0.4, 0.5) is 0 Å². The minimum absolute atomic E-state index is 0.0447. The summed E-state index contributed by atoms with van der Waals surface area (Å²) in [5.74, 6) is 1.42. The number of methoxy groups -OCH3 is 2. The number of carbonyl (C=O) groups excluding carboxylic acids is 1. The van der Waals surface area contributed by atoms with Crippen molar-refractivity contribution in [2.45, 2.75) is 44.6 Å². The van der Waals surface area contributed by atoms with Gasteiger partial charge in [0.25, 0.3) is 0 Å². The Morgan fingerprint density at radius 1 is 1.14 bits per heavy atom. The Kier molecular flexibility index (Phi) is 6.31. The third kappa shape index (κ3) is 4.79. The third-order valence-corrected chi connectivity index (χ3v) is 4.05. The highest BCUT2D eigenvalue weighted by atomic mass is 16.5. The van der Waals surface area contributed by atoms with Gasteiger partial charge in [0.15, 0.2) is 0 Å². The molecule has 0 saturated heterocycles. The summed E-state index contributed by atoms with van der Waals surface area (Å²) in [4.78, 5) is 12.1. The number of ether oxygens (including phenoxy) is 2. The molecule has 0 bridgehead atoms. The third-order valence-electron chi connectivity index (χ3n) is 4.05. The van der Waals surface area contributed by atoms with Crippen LogP contribution in [-0.4, -0.2) is 26.2 Å². The number of amides is 1. The molecule has 0 heterocycles. The second-order valence-electron chi connectivity index (χ2n) is 5.64. The molecule has 1 saturated carbocycles. The zero-order chi connectivity index (χ0) is 15.8. The van der Waals surface area contributed by atoms with Gasteiger partial charge in [0.05, 0.1) is 14.2 Å². The lowest BCUT2D eigenvalue weighted by Gasteiger charge is -2.14. The maximum absolute atomic E-state index is 12.1. The van der Waals surface area contributed by atoms with Crippen LogP contribution in [0.25, 0.3) is 6.08 Å². The van der Waals surface area contributed by atoms with Crippen LogP contribution >= 0.6 is 0 Å². The van der Waals surface area contributed by atoms with Crippen molar-refractivity contribution in [3.05, 3.63) is 29.8 Å². The van der Waals surface area contributed by atoms with Crippen LogP contribution in [0.3, 0.4) is 0 Å². The molecular weight excluding hydrogens is 278 g/mol. The van der Waals surface area contributed by atoms with Gasteiger partial charge in [0.1, 0.15) is 11.5 Å². The predicted octanol–water partition coefficient (Wildman–Crippen LogP) is 3.56. The van der Waals surface area contributed by atoms with E-state index in [9.17, 15) is 4.79 Å². The van der Waals surface area contributed by atoms with E-state index in [4.69, 9.17) is 9.47 Å². The van der Waals surface area contributed by atoms with Crippen LogP contribution in [0.1, 0.15) is 44.1 Å². The van der Waals surface area contributed by atoms with Crippen molar-refractivity contribution >= 4 is 12.0 Å². The summed E-state index contributed by atoms with van der Waals surface area (Å²) in [5.41, 5.74) is 0.831. The summed E-state index contributed by atoms with van der Waals surface area (Å²) in [6, 6.07) is 5.84. The Hall–Kier alpha value is -1.97. The Labute approximate surface area is 132 Å². The van der Waals surface area contributed by atoms with Crippen LogP contribution in [0, 0.1) is 0 Å². The summed E-state index contributed by atoms with van der Waals surface area (Å²) in [6.07, 6.45) is 10.5. The number of nitrogens with one attached hydrogen (secondary N) is 1. The lowest BCUT2D eigenvalue weighted by atomic mass is 10.1. The molecule has 0 unspecified atom stereocenters. The van der Waals surface area contributed by atoms with Crippen molar-refractivity contribution in [3.8, 4) is 11.5 Å². The van der Waals surface area contributed by atoms with Crippen molar-refractivity contribution in [2.75, 3.05) is 14.2 Å². The molecule has 0 spiro atoms. The maximum atomic E-state index is 12.1. The SMILES string of the molecule is COc1ccc(OC)c(C=CC(=O)NC2CCCCCC2)c1. The fraction of sp³-hybridized carbons (Fsp3) is 0.500. The molecular formula is C18H25NO3. The van der Waals surface area contributed by atoms with E-state index < -0.39 is 0 Å². The van der Waals surface area contributed by atoms with Crippen LogP contribution < -0.4 is 14.8 Å². The first kappa shape index (κ1) is 16.4. The number of hydrogen-bond acceptors (Lipinski definition) is 3. The van der Waals surface area contributed by atoms with Crippen LogP contribution in [-0.2, 0) is 4.79 Å². The predicted molar refractivity (Wildman–Crippen MR) is 88.2 cm³/mol. The number of carbonyl (C=O) groups is 1. The minimum Gasteiger partial charge on any atom is -0.497 e. The highest BCUT2D eigenvalue weighted by molar-refractivity contribution is 5.92. The minimum atomic E-state index is -0.0447. The number of hydrogen-bond donors (Lipinski definition) is 1. The maximum Gasteiger partial charge on any atom is 0.244 e. The monoisotopic (exact) mass is 303 g/mol. The van der Waals surface area contributed by atoms with E-state index in [0.29, 0.717) is 6.04 Å². The summed E-state index contributed by atoms with van der Waals surface area (Å²) >= 11 is 0. The quantitative estimate of drug-likeness (QED) is 0.668. The van der Waals surface area contributed by atoms with Gasteiger partial charge in [-0.3, -0.25) is 4.79 Å². The molecule has 0 aromatic heterocycles. The van der Waals surface area contributed by atoms with E-state index in [-0.39, 0.29) is 5.91 Å². The fourth-order valence-electron chi connectivity index (χ4n) is 2.81. The molecule has 22 heavy (non-hydrogen) atoms. The van der Waals surface area contributed by atoms with E-state index in [1.807, 2.05) is 18.2 Å². The first-order valence-electron chi connectivity index (χ1n) is 7.93. The number of rotatable bonds is 5. The zero-order valence-electron chi connectivity index (χ0n) is 13.4. The van der Waals surface area contributed by atoms with Gasteiger partial charge in [-0.2, -0.15) is 0 Å². The Morgan fingerprint density at radius 3 is 2.50 bits per heavy atom. The van der Waals surface area contributed by atoms with Crippen LogP contribution in [0.5, 0.6) is 11.5 Å². The van der Waals surface area contributed by atoms with E-state index in [1.165, 1.54) is 25.7 Å². The average Bonchev–Trinajstić information content (AvgIpc) is 2.81. The van der Waals surface area contributed by atoms with Gasteiger partial charge in [-0.25, -0.2) is 0 Å². The molecule has 4 heteroatoms. The summed E-state index contributed by atoms with van der Waals surface area (Å²) in [5, 5.41) is 3.10. The van der Waals surface area contributed by atoms with E-state index in [1.54, 1.807) is 26.4 Å². The molecule has 0 aliphatic heterocycles. The van der Waals surface area contributed by atoms with Crippen molar-refractivity contribution in [1.29, 1.82) is 0 Å². The lowest BCUT2D eigenvalue weighted by molar-refractivity contribution is -0.117. The second kappa shape index (κ2) is 8.47. The Morgan fingerprint density at radius 2 is 1.86 bits per heavy atom. The molecule has 1 aliphatic rings. The van der Waals surface area contributed by atoms with Gasteiger partial charge < -0.3 is 14.8 Å². The molecule has 1 aromatic rings. The molecule has 120 valence electrons. The summed E-state index contributed by atoms with van der Waals surface area (Å²) in [6.45, 7) is 0. The smallest absolute Gasteiger partial charge is 0.244 e. The molecule has 1 aromatic carbocycles. The van der Waals surface area contributed by atoms with E-state index in [0.717, 1.165) is 29.9 Å². The van der Waals surface area contributed by atoms with Gasteiger partial charge in [0.2, 0.25) is 5.91 Å². The summed E-state index contributed by atoms with van der Waals surface area (Å²) < 4.78 is 10.5. The molecule has 1 amide bonds. The topological polar surface area (TPSA) is 47.6 Å². The standard InChI is InChI=1S/C18H25NO3/c1-21-16-10-11-17(22-2)14(13-16)9-12-18(20)19-15-7-5-3-4-6-8-15/h9-13,15H,3-8H2,1-2H3,(H,19,20). The van der Waals surface area contributed by atoms with E-state index in [2.05, 4.69) is 5.32 Å². The Balaban J connectivity index is 1.99. The van der Waals surface area contributed by atoms with E-state index >= 15 is 0 Å². The van der Waals surface area contributed by atoms with Crippen LogP contribution in [0.2, 0.25) is 0 Å². The lowest BCUT2D eigenvalue weighted by Crippen LogP contribution is -2.33. The van der Waals surface area contributed by atoms with Gasteiger partial charge in [-0.15, -0.1) is 0 Å². The second-order valence-corrected chi connectivity index (χ2v) is 5.64. The zero-order valence-corrected chi connectivity index (χ0v) is 13.4. The van der Waals surface area contributed by atoms with Gasteiger partial charge >= 0.3 is 0 Å². The van der Waals surface area contributed by atoms with Gasteiger partial charge in [-0.1, -0.05) is 25.7 Å². The molecule has 1 N–H and O–H groups in total. The highest BCUT2D eigenvalue weighted by Gasteiger charge is 2.13.